The monoisotopic (exact) mass is 234 g/mol. The molecule has 0 radical (unpaired) electrons. The molecular formula is C10H15ClO4. The molecule has 0 aromatic carbocycles. The van der Waals surface area contributed by atoms with Gasteiger partial charge < -0.3 is 10.2 Å². The number of alkyl halides is 1. The molecule has 0 aromatic rings. The summed E-state index contributed by atoms with van der Waals surface area (Å²) in [7, 11) is 0. The topological polar surface area (TPSA) is 74.6 Å². The Morgan fingerprint density at radius 2 is 1.53 bits per heavy atom. The van der Waals surface area contributed by atoms with E-state index in [4.69, 9.17) is 16.7 Å². The van der Waals surface area contributed by atoms with Crippen molar-refractivity contribution in [3.63, 3.8) is 0 Å². The van der Waals surface area contributed by atoms with E-state index in [1.165, 1.54) is 0 Å². The number of rotatable bonds is 2. The lowest BCUT2D eigenvalue weighted by Gasteiger charge is -2.40. The SMILES string of the molecule is CC1(C(=O)O)CCC(Cl)(C(=O)O)C1(C)C. The number of carboxylic acid groups (broad SMARTS) is 2. The van der Waals surface area contributed by atoms with Crippen LogP contribution in [0.1, 0.15) is 33.6 Å². The van der Waals surface area contributed by atoms with Gasteiger partial charge in [0.05, 0.1) is 5.41 Å². The van der Waals surface area contributed by atoms with E-state index >= 15 is 0 Å². The highest BCUT2D eigenvalue weighted by atomic mass is 35.5. The van der Waals surface area contributed by atoms with Gasteiger partial charge in [-0.2, -0.15) is 0 Å². The van der Waals surface area contributed by atoms with Crippen molar-refractivity contribution < 1.29 is 19.8 Å². The highest BCUT2D eigenvalue weighted by Crippen LogP contribution is 2.61. The fraction of sp³-hybridized carbons (Fsp3) is 0.800. The number of halogens is 1. The van der Waals surface area contributed by atoms with Gasteiger partial charge in [0.1, 0.15) is 4.87 Å². The second-order valence-corrected chi connectivity index (χ2v) is 5.51. The molecule has 2 atom stereocenters. The van der Waals surface area contributed by atoms with E-state index in [0.717, 1.165) is 0 Å². The van der Waals surface area contributed by atoms with Crippen molar-refractivity contribution in [2.45, 2.75) is 38.5 Å². The predicted molar refractivity (Wildman–Crippen MR) is 55.0 cm³/mol. The number of hydrogen-bond donors (Lipinski definition) is 2. The quantitative estimate of drug-likeness (QED) is 0.717. The highest BCUT2D eigenvalue weighted by molar-refractivity contribution is 6.35. The molecule has 5 heteroatoms. The van der Waals surface area contributed by atoms with E-state index in [9.17, 15) is 14.7 Å². The third-order valence-electron chi connectivity index (χ3n) is 4.15. The van der Waals surface area contributed by atoms with E-state index in [-0.39, 0.29) is 12.8 Å². The Morgan fingerprint density at radius 3 is 1.73 bits per heavy atom. The molecule has 15 heavy (non-hydrogen) atoms. The predicted octanol–water partition coefficient (Wildman–Crippen LogP) is 1.96. The lowest BCUT2D eigenvalue weighted by molar-refractivity contribution is -0.156. The molecule has 0 aromatic heterocycles. The average molecular weight is 235 g/mol. The normalized spacial score (nSPS) is 38.9. The van der Waals surface area contributed by atoms with E-state index in [2.05, 4.69) is 0 Å². The molecule has 0 amide bonds. The summed E-state index contributed by atoms with van der Waals surface area (Å²) in [5.41, 5.74) is -2.08. The van der Waals surface area contributed by atoms with Crippen LogP contribution in [0.15, 0.2) is 0 Å². The highest BCUT2D eigenvalue weighted by Gasteiger charge is 2.66. The summed E-state index contributed by atoms with van der Waals surface area (Å²) < 4.78 is 0. The number of aliphatic carboxylic acids is 2. The van der Waals surface area contributed by atoms with Crippen LogP contribution in [-0.2, 0) is 9.59 Å². The zero-order valence-electron chi connectivity index (χ0n) is 9.00. The third-order valence-corrected chi connectivity index (χ3v) is 4.97. The molecule has 0 spiro atoms. The summed E-state index contributed by atoms with van der Waals surface area (Å²) in [6.45, 7) is 4.77. The van der Waals surface area contributed by atoms with Crippen LogP contribution < -0.4 is 0 Å². The minimum atomic E-state index is -1.49. The Morgan fingerprint density at radius 1 is 1.07 bits per heavy atom. The van der Waals surface area contributed by atoms with E-state index < -0.39 is 27.6 Å². The summed E-state index contributed by atoms with van der Waals surface area (Å²) in [4.78, 5) is 20.8. The minimum absolute atomic E-state index is 0.180. The van der Waals surface area contributed by atoms with Gasteiger partial charge in [-0.3, -0.25) is 9.59 Å². The maximum Gasteiger partial charge on any atom is 0.325 e. The van der Waals surface area contributed by atoms with Gasteiger partial charge in [0.15, 0.2) is 0 Å². The smallest absolute Gasteiger partial charge is 0.325 e. The van der Waals surface area contributed by atoms with Crippen LogP contribution in [0, 0.1) is 10.8 Å². The van der Waals surface area contributed by atoms with Gasteiger partial charge >= 0.3 is 11.9 Å². The van der Waals surface area contributed by atoms with Crippen LogP contribution in [0.3, 0.4) is 0 Å². The van der Waals surface area contributed by atoms with Crippen molar-refractivity contribution in [1.29, 1.82) is 0 Å². The van der Waals surface area contributed by atoms with Gasteiger partial charge in [0.25, 0.3) is 0 Å². The van der Waals surface area contributed by atoms with Crippen molar-refractivity contribution in [1.82, 2.24) is 0 Å². The van der Waals surface area contributed by atoms with Gasteiger partial charge in [-0.05, 0) is 19.8 Å². The zero-order valence-corrected chi connectivity index (χ0v) is 9.76. The van der Waals surface area contributed by atoms with E-state index in [1.54, 1.807) is 20.8 Å². The molecule has 1 aliphatic carbocycles. The molecule has 0 aliphatic heterocycles. The number of carboxylic acids is 2. The summed E-state index contributed by atoms with van der Waals surface area (Å²) in [5.74, 6) is -2.13. The summed E-state index contributed by atoms with van der Waals surface area (Å²) in [6, 6.07) is 0. The average Bonchev–Trinajstić information content (AvgIpc) is 2.28. The van der Waals surface area contributed by atoms with Crippen molar-refractivity contribution >= 4 is 23.5 Å². The maximum absolute atomic E-state index is 11.2. The van der Waals surface area contributed by atoms with Crippen molar-refractivity contribution in [3.8, 4) is 0 Å². The first-order valence-corrected chi connectivity index (χ1v) is 5.13. The Hall–Kier alpha value is -0.770. The molecule has 1 aliphatic rings. The summed E-state index contributed by atoms with van der Waals surface area (Å²) in [5, 5.41) is 18.3. The summed E-state index contributed by atoms with van der Waals surface area (Å²) in [6.07, 6.45) is 0.463. The first-order chi connectivity index (χ1) is 6.59. The molecule has 1 rings (SSSR count). The Balaban J connectivity index is 3.26. The number of hydrogen-bond acceptors (Lipinski definition) is 2. The van der Waals surface area contributed by atoms with Crippen LogP contribution in [-0.4, -0.2) is 27.0 Å². The van der Waals surface area contributed by atoms with Gasteiger partial charge in [-0.15, -0.1) is 11.6 Å². The van der Waals surface area contributed by atoms with Crippen molar-refractivity contribution in [2.24, 2.45) is 10.8 Å². The second-order valence-electron chi connectivity index (χ2n) is 4.87. The molecule has 1 fully saturated rings. The zero-order chi connectivity index (χ0) is 12.1. The molecule has 2 unspecified atom stereocenters. The fourth-order valence-electron chi connectivity index (χ4n) is 2.23. The lowest BCUT2D eigenvalue weighted by atomic mass is 9.65. The van der Waals surface area contributed by atoms with Gasteiger partial charge in [-0.1, -0.05) is 13.8 Å². The Bertz CT molecular complexity index is 295. The third kappa shape index (κ3) is 1.27. The van der Waals surface area contributed by atoms with Crippen LogP contribution in [0.4, 0.5) is 0 Å². The van der Waals surface area contributed by atoms with Crippen LogP contribution in [0.2, 0.25) is 0 Å². The maximum atomic E-state index is 11.2. The molecule has 86 valence electrons. The Labute approximate surface area is 93.2 Å². The van der Waals surface area contributed by atoms with E-state index in [0.29, 0.717) is 0 Å². The first kappa shape index (κ1) is 12.3. The molecule has 0 heterocycles. The minimum Gasteiger partial charge on any atom is -0.481 e. The van der Waals surface area contributed by atoms with Gasteiger partial charge in [-0.25, -0.2) is 0 Å². The molecule has 4 nitrogen and oxygen atoms in total. The standard InChI is InChI=1S/C10H15ClO4/c1-8(2)9(3,6(12)13)4-5-10(8,11)7(14)15/h4-5H2,1-3H3,(H,12,13)(H,14,15). The molecule has 1 saturated carbocycles. The number of carbonyl (C=O) groups is 2. The molecule has 0 bridgehead atoms. The lowest BCUT2D eigenvalue weighted by Crippen LogP contribution is -2.51. The molecule has 2 N–H and O–H groups in total. The van der Waals surface area contributed by atoms with Crippen LogP contribution >= 0.6 is 11.6 Å². The van der Waals surface area contributed by atoms with Crippen LogP contribution in [0.25, 0.3) is 0 Å². The van der Waals surface area contributed by atoms with Gasteiger partial charge in [0.2, 0.25) is 0 Å². The first-order valence-electron chi connectivity index (χ1n) is 4.75. The summed E-state index contributed by atoms with van der Waals surface area (Å²) >= 11 is 6.06. The fourth-order valence-corrected chi connectivity index (χ4v) is 2.54. The second kappa shape index (κ2) is 3.11. The van der Waals surface area contributed by atoms with Gasteiger partial charge in [0, 0.05) is 5.41 Å². The molecule has 0 saturated heterocycles. The van der Waals surface area contributed by atoms with Crippen LogP contribution in [0.5, 0.6) is 0 Å². The molecular weight excluding hydrogens is 220 g/mol. The Kier molecular flexibility index (Phi) is 2.55. The van der Waals surface area contributed by atoms with Crippen molar-refractivity contribution in [3.05, 3.63) is 0 Å². The van der Waals surface area contributed by atoms with E-state index in [1.807, 2.05) is 0 Å². The largest absolute Gasteiger partial charge is 0.481 e. The van der Waals surface area contributed by atoms with Crippen molar-refractivity contribution in [2.75, 3.05) is 0 Å².